The van der Waals surface area contributed by atoms with Crippen molar-refractivity contribution < 1.29 is 0 Å². The second kappa shape index (κ2) is 6.04. The van der Waals surface area contributed by atoms with E-state index in [2.05, 4.69) is 17.9 Å². The summed E-state index contributed by atoms with van der Waals surface area (Å²) in [5.74, 6) is 0. The predicted molar refractivity (Wildman–Crippen MR) is 59.2 cm³/mol. The van der Waals surface area contributed by atoms with Crippen molar-refractivity contribution in [1.29, 1.82) is 5.26 Å². The number of para-hydroxylation sites is 1. The highest BCUT2D eigenvalue weighted by molar-refractivity contribution is 5.46. The largest absolute Gasteiger partial charge is 0.358 e. The van der Waals surface area contributed by atoms with E-state index in [1.165, 1.54) is 0 Å². The Morgan fingerprint density at radius 1 is 1.29 bits per heavy atom. The van der Waals surface area contributed by atoms with Crippen molar-refractivity contribution >= 4 is 5.69 Å². The Hall–Kier alpha value is -1.49. The van der Waals surface area contributed by atoms with Gasteiger partial charge in [0.15, 0.2) is 0 Å². The van der Waals surface area contributed by atoms with E-state index in [1.54, 1.807) is 0 Å². The Morgan fingerprint density at radius 3 is 2.57 bits per heavy atom. The molecule has 0 aliphatic carbocycles. The van der Waals surface area contributed by atoms with E-state index in [-0.39, 0.29) is 0 Å². The van der Waals surface area contributed by atoms with Crippen LogP contribution in [0.2, 0.25) is 0 Å². The molecule has 1 aromatic carbocycles. The van der Waals surface area contributed by atoms with E-state index in [0.29, 0.717) is 6.54 Å². The quantitative estimate of drug-likeness (QED) is 0.664. The topological polar surface area (TPSA) is 27.0 Å². The molecule has 0 saturated carbocycles. The van der Waals surface area contributed by atoms with Crippen LogP contribution in [-0.4, -0.2) is 13.1 Å². The summed E-state index contributed by atoms with van der Waals surface area (Å²) in [7, 11) is 0. The van der Waals surface area contributed by atoms with Crippen LogP contribution in [-0.2, 0) is 0 Å². The minimum absolute atomic E-state index is 0.476. The van der Waals surface area contributed by atoms with Crippen LogP contribution in [0.5, 0.6) is 0 Å². The Labute approximate surface area is 85.8 Å². The average Bonchev–Trinajstić information content (AvgIpc) is 2.25. The second-order valence-corrected chi connectivity index (χ2v) is 3.27. The van der Waals surface area contributed by atoms with Gasteiger partial charge in [-0.25, -0.2) is 0 Å². The van der Waals surface area contributed by atoms with Gasteiger partial charge in [-0.3, -0.25) is 0 Å². The number of benzene rings is 1. The van der Waals surface area contributed by atoms with Crippen LogP contribution in [0.4, 0.5) is 5.69 Å². The molecular weight excluding hydrogens is 172 g/mol. The van der Waals surface area contributed by atoms with Crippen molar-refractivity contribution in [2.24, 2.45) is 0 Å². The van der Waals surface area contributed by atoms with Crippen molar-refractivity contribution in [1.82, 2.24) is 0 Å². The van der Waals surface area contributed by atoms with Gasteiger partial charge in [-0.15, -0.1) is 0 Å². The van der Waals surface area contributed by atoms with Crippen LogP contribution in [0.15, 0.2) is 30.3 Å². The van der Waals surface area contributed by atoms with E-state index in [1.807, 2.05) is 30.3 Å². The Balaban J connectivity index is 2.63. The summed E-state index contributed by atoms with van der Waals surface area (Å²) in [5.41, 5.74) is 1.14. The van der Waals surface area contributed by atoms with Crippen molar-refractivity contribution in [2.75, 3.05) is 18.0 Å². The van der Waals surface area contributed by atoms with E-state index in [0.717, 1.165) is 25.1 Å². The van der Waals surface area contributed by atoms with Gasteiger partial charge in [0.1, 0.15) is 6.54 Å². The van der Waals surface area contributed by atoms with Gasteiger partial charge in [0.25, 0.3) is 0 Å². The normalized spacial score (nSPS) is 9.43. The van der Waals surface area contributed by atoms with Crippen molar-refractivity contribution in [3.05, 3.63) is 30.3 Å². The second-order valence-electron chi connectivity index (χ2n) is 3.27. The molecule has 0 aliphatic rings. The number of nitriles is 1. The van der Waals surface area contributed by atoms with E-state index < -0.39 is 0 Å². The lowest BCUT2D eigenvalue weighted by atomic mass is 10.2. The average molecular weight is 188 g/mol. The molecule has 0 N–H and O–H groups in total. The minimum atomic E-state index is 0.476. The Morgan fingerprint density at radius 2 is 2.00 bits per heavy atom. The molecule has 14 heavy (non-hydrogen) atoms. The molecule has 2 heteroatoms. The summed E-state index contributed by atoms with van der Waals surface area (Å²) < 4.78 is 0. The molecule has 1 aromatic rings. The van der Waals surface area contributed by atoms with Crippen molar-refractivity contribution in [2.45, 2.75) is 19.8 Å². The molecule has 0 radical (unpaired) electrons. The Bertz CT molecular complexity index is 287. The number of anilines is 1. The van der Waals surface area contributed by atoms with Crippen molar-refractivity contribution in [3.63, 3.8) is 0 Å². The molecule has 0 aliphatic heterocycles. The van der Waals surface area contributed by atoms with Crippen LogP contribution in [0.1, 0.15) is 19.8 Å². The van der Waals surface area contributed by atoms with Gasteiger partial charge in [-0.1, -0.05) is 31.5 Å². The SMILES string of the molecule is CCCCN(CC#N)c1ccccc1. The first-order valence-electron chi connectivity index (χ1n) is 5.05. The van der Waals surface area contributed by atoms with Crippen LogP contribution in [0.3, 0.4) is 0 Å². The highest BCUT2D eigenvalue weighted by atomic mass is 15.1. The monoisotopic (exact) mass is 188 g/mol. The zero-order valence-corrected chi connectivity index (χ0v) is 8.61. The number of unbranched alkanes of at least 4 members (excludes halogenated alkanes) is 1. The van der Waals surface area contributed by atoms with Crippen molar-refractivity contribution in [3.8, 4) is 6.07 Å². The minimum Gasteiger partial charge on any atom is -0.358 e. The fourth-order valence-corrected chi connectivity index (χ4v) is 1.37. The maximum absolute atomic E-state index is 8.71. The van der Waals surface area contributed by atoms with Gasteiger partial charge in [0, 0.05) is 12.2 Å². The molecule has 0 heterocycles. The first kappa shape index (κ1) is 10.6. The highest BCUT2D eigenvalue weighted by Crippen LogP contribution is 2.13. The summed E-state index contributed by atoms with van der Waals surface area (Å²) in [4.78, 5) is 2.11. The first-order valence-corrected chi connectivity index (χ1v) is 5.05. The fourth-order valence-electron chi connectivity index (χ4n) is 1.37. The third-order valence-corrected chi connectivity index (χ3v) is 2.16. The summed E-state index contributed by atoms with van der Waals surface area (Å²) in [6, 6.07) is 12.3. The van der Waals surface area contributed by atoms with E-state index >= 15 is 0 Å². The molecule has 74 valence electrons. The molecule has 0 atom stereocenters. The maximum Gasteiger partial charge on any atom is 0.105 e. The number of hydrogen-bond acceptors (Lipinski definition) is 2. The van der Waals surface area contributed by atoms with Gasteiger partial charge in [0.05, 0.1) is 6.07 Å². The van der Waals surface area contributed by atoms with Gasteiger partial charge in [-0.2, -0.15) is 5.26 Å². The summed E-state index contributed by atoms with van der Waals surface area (Å²) in [6.07, 6.45) is 2.30. The van der Waals surface area contributed by atoms with Crippen LogP contribution < -0.4 is 4.90 Å². The van der Waals surface area contributed by atoms with Crippen LogP contribution in [0, 0.1) is 11.3 Å². The number of hydrogen-bond donors (Lipinski definition) is 0. The van der Waals surface area contributed by atoms with Gasteiger partial charge >= 0.3 is 0 Å². The third kappa shape index (κ3) is 3.10. The number of nitrogens with zero attached hydrogens (tertiary/aromatic N) is 2. The predicted octanol–water partition coefficient (Wildman–Crippen LogP) is 2.82. The highest BCUT2D eigenvalue weighted by Gasteiger charge is 2.03. The molecule has 0 amide bonds. The molecule has 2 nitrogen and oxygen atoms in total. The van der Waals surface area contributed by atoms with E-state index in [9.17, 15) is 0 Å². The standard InChI is InChI=1S/C12H16N2/c1-2-3-10-14(11-9-13)12-7-5-4-6-8-12/h4-8H,2-3,10-11H2,1H3. The summed E-state index contributed by atoms with van der Waals surface area (Å²) in [6.45, 7) is 3.60. The molecule has 0 spiro atoms. The molecule has 0 unspecified atom stereocenters. The molecule has 0 aromatic heterocycles. The molecular formula is C12H16N2. The third-order valence-electron chi connectivity index (χ3n) is 2.16. The zero-order chi connectivity index (χ0) is 10.2. The smallest absolute Gasteiger partial charge is 0.105 e. The van der Waals surface area contributed by atoms with Gasteiger partial charge in [-0.05, 0) is 18.6 Å². The zero-order valence-electron chi connectivity index (χ0n) is 8.61. The lowest BCUT2D eigenvalue weighted by Gasteiger charge is -2.21. The van der Waals surface area contributed by atoms with Gasteiger partial charge in [0.2, 0.25) is 0 Å². The van der Waals surface area contributed by atoms with Crippen LogP contribution >= 0.6 is 0 Å². The lowest BCUT2D eigenvalue weighted by Crippen LogP contribution is -2.24. The molecule has 0 fully saturated rings. The molecule has 0 saturated heterocycles. The lowest BCUT2D eigenvalue weighted by molar-refractivity contribution is 0.748. The van der Waals surface area contributed by atoms with E-state index in [4.69, 9.17) is 5.26 Å². The molecule has 0 bridgehead atoms. The maximum atomic E-state index is 8.71. The summed E-state index contributed by atoms with van der Waals surface area (Å²) in [5, 5.41) is 8.71. The first-order chi connectivity index (χ1) is 6.88. The van der Waals surface area contributed by atoms with Crippen LogP contribution in [0.25, 0.3) is 0 Å². The van der Waals surface area contributed by atoms with Gasteiger partial charge < -0.3 is 4.90 Å². The fraction of sp³-hybridized carbons (Fsp3) is 0.417. The number of rotatable bonds is 5. The molecule has 1 rings (SSSR count). The summed E-state index contributed by atoms with van der Waals surface area (Å²) >= 11 is 0. The Kier molecular flexibility index (Phi) is 4.57.